The number of nitrogens with one attached hydrogen (secondary N) is 1. The fourth-order valence-electron chi connectivity index (χ4n) is 2.48. The van der Waals surface area contributed by atoms with Crippen LogP contribution in [0.4, 0.5) is 18.9 Å². The number of phenolic OH excluding ortho intramolecular Hbond substituents is 1. The smallest absolute Gasteiger partial charge is 0.501 e. The Hall–Kier alpha value is -3.07. The van der Waals surface area contributed by atoms with Crippen molar-refractivity contribution in [1.29, 1.82) is 0 Å². The number of aromatic hydroxyl groups is 1. The zero-order valence-electron chi connectivity index (χ0n) is 13.5. The van der Waals surface area contributed by atoms with Gasteiger partial charge in [0.15, 0.2) is 0 Å². The number of anilines is 1. The molecular formula is C18H12F3NO4S. The van der Waals surface area contributed by atoms with Gasteiger partial charge in [0.25, 0.3) is 15.7 Å². The fourth-order valence-corrected chi connectivity index (χ4v) is 3.29. The summed E-state index contributed by atoms with van der Waals surface area (Å²) in [6.07, 6.45) is 0. The summed E-state index contributed by atoms with van der Waals surface area (Å²) in [7, 11) is -5.54. The lowest BCUT2D eigenvalue weighted by molar-refractivity contribution is -0.0436. The molecule has 2 N–H and O–H groups in total. The van der Waals surface area contributed by atoms with Gasteiger partial charge in [-0.25, -0.2) is 8.42 Å². The van der Waals surface area contributed by atoms with E-state index in [0.717, 1.165) is 12.1 Å². The standard InChI is InChI=1S/C18H12F3NO4S/c19-18(20,21)27(25,26)14-7-3-6-13(10-14)22-17(24)15-8-11-4-1-2-5-12(11)9-16(15)23/h1-10,23H,(H,22,24). The largest absolute Gasteiger partial charge is 0.507 e. The molecule has 0 aliphatic rings. The zero-order chi connectivity index (χ0) is 19.8. The number of fused-ring (bicyclic) bond motifs is 1. The Labute approximate surface area is 152 Å². The molecular weight excluding hydrogens is 383 g/mol. The van der Waals surface area contributed by atoms with Gasteiger partial charge in [-0.1, -0.05) is 30.3 Å². The van der Waals surface area contributed by atoms with Crippen LogP contribution < -0.4 is 5.32 Å². The van der Waals surface area contributed by atoms with Gasteiger partial charge in [-0.05, 0) is 41.1 Å². The maximum Gasteiger partial charge on any atom is 0.501 e. The van der Waals surface area contributed by atoms with Crippen molar-refractivity contribution in [3.05, 3.63) is 66.2 Å². The average Bonchev–Trinajstić information content (AvgIpc) is 2.60. The molecule has 0 saturated carbocycles. The number of rotatable bonds is 3. The number of sulfone groups is 1. The van der Waals surface area contributed by atoms with Gasteiger partial charge in [-0.2, -0.15) is 13.2 Å². The SMILES string of the molecule is O=C(Nc1cccc(S(=O)(=O)C(F)(F)F)c1)c1cc2ccccc2cc1O. The van der Waals surface area contributed by atoms with Crippen molar-refractivity contribution in [2.24, 2.45) is 0 Å². The molecule has 3 rings (SSSR count). The first-order valence-electron chi connectivity index (χ1n) is 7.54. The Balaban J connectivity index is 1.94. The molecule has 0 saturated heterocycles. The molecule has 0 aliphatic heterocycles. The number of hydrogen-bond donors (Lipinski definition) is 2. The molecule has 0 bridgehead atoms. The average molecular weight is 395 g/mol. The van der Waals surface area contributed by atoms with E-state index in [1.807, 2.05) is 0 Å². The van der Waals surface area contributed by atoms with E-state index in [0.29, 0.717) is 16.8 Å². The van der Waals surface area contributed by atoms with Crippen molar-refractivity contribution in [3.8, 4) is 5.75 Å². The van der Waals surface area contributed by atoms with Crippen LogP contribution in [0.3, 0.4) is 0 Å². The lowest BCUT2D eigenvalue weighted by Gasteiger charge is -2.11. The molecule has 0 heterocycles. The fraction of sp³-hybridized carbons (Fsp3) is 0.0556. The van der Waals surface area contributed by atoms with Crippen molar-refractivity contribution in [2.45, 2.75) is 10.4 Å². The Morgan fingerprint density at radius 1 is 0.926 bits per heavy atom. The second kappa shape index (κ2) is 6.58. The van der Waals surface area contributed by atoms with Gasteiger partial charge >= 0.3 is 5.51 Å². The van der Waals surface area contributed by atoms with Gasteiger partial charge in [0.1, 0.15) is 5.75 Å². The minimum absolute atomic E-state index is 0.0993. The number of benzene rings is 3. The first-order chi connectivity index (χ1) is 12.6. The van der Waals surface area contributed by atoms with Crippen LogP contribution in [0, 0.1) is 0 Å². The lowest BCUT2D eigenvalue weighted by atomic mass is 10.1. The van der Waals surface area contributed by atoms with E-state index in [1.165, 1.54) is 18.2 Å². The molecule has 1 amide bonds. The maximum atomic E-state index is 12.7. The number of amides is 1. The van der Waals surface area contributed by atoms with Gasteiger partial charge < -0.3 is 10.4 Å². The molecule has 9 heteroatoms. The van der Waals surface area contributed by atoms with Crippen LogP contribution in [0.1, 0.15) is 10.4 Å². The molecule has 5 nitrogen and oxygen atoms in total. The predicted molar refractivity (Wildman–Crippen MR) is 93.2 cm³/mol. The highest BCUT2D eigenvalue weighted by Crippen LogP contribution is 2.31. The van der Waals surface area contributed by atoms with Crippen molar-refractivity contribution >= 4 is 32.2 Å². The molecule has 0 aromatic heterocycles. The van der Waals surface area contributed by atoms with Crippen LogP contribution in [0.15, 0.2) is 65.6 Å². The summed E-state index contributed by atoms with van der Waals surface area (Å²) in [6.45, 7) is 0. The Morgan fingerprint density at radius 3 is 2.19 bits per heavy atom. The second-order valence-corrected chi connectivity index (χ2v) is 7.59. The van der Waals surface area contributed by atoms with Crippen molar-refractivity contribution in [1.82, 2.24) is 0 Å². The highest BCUT2D eigenvalue weighted by molar-refractivity contribution is 7.92. The molecule has 140 valence electrons. The summed E-state index contributed by atoms with van der Waals surface area (Å²) in [5, 5.41) is 13.7. The summed E-state index contributed by atoms with van der Waals surface area (Å²) < 4.78 is 61.0. The third kappa shape index (κ3) is 3.59. The van der Waals surface area contributed by atoms with E-state index in [4.69, 9.17) is 0 Å². The molecule has 3 aromatic rings. The Kier molecular flexibility index (Phi) is 4.56. The van der Waals surface area contributed by atoms with Gasteiger partial charge in [-0.15, -0.1) is 0 Å². The molecule has 0 radical (unpaired) electrons. The Morgan fingerprint density at radius 2 is 1.56 bits per heavy atom. The van der Waals surface area contributed by atoms with Crippen LogP contribution >= 0.6 is 0 Å². The van der Waals surface area contributed by atoms with Gasteiger partial charge in [0, 0.05) is 5.69 Å². The Bertz CT molecular complexity index is 1140. The van der Waals surface area contributed by atoms with E-state index in [1.54, 1.807) is 24.3 Å². The van der Waals surface area contributed by atoms with Crippen molar-refractivity contribution < 1.29 is 31.5 Å². The number of alkyl halides is 3. The number of halogens is 3. The van der Waals surface area contributed by atoms with Gasteiger partial charge in [0.2, 0.25) is 0 Å². The summed E-state index contributed by atoms with van der Waals surface area (Å²) in [6, 6.07) is 13.6. The monoisotopic (exact) mass is 395 g/mol. The molecule has 0 spiro atoms. The predicted octanol–water partition coefficient (Wildman–Crippen LogP) is 4.09. The highest BCUT2D eigenvalue weighted by Gasteiger charge is 2.46. The van der Waals surface area contributed by atoms with Crippen LogP contribution in [-0.2, 0) is 9.84 Å². The van der Waals surface area contributed by atoms with Gasteiger partial charge in [0.05, 0.1) is 10.5 Å². The number of carbonyl (C=O) groups is 1. The van der Waals surface area contributed by atoms with Crippen LogP contribution in [0.5, 0.6) is 5.75 Å². The van der Waals surface area contributed by atoms with E-state index in [-0.39, 0.29) is 17.0 Å². The number of carbonyl (C=O) groups excluding carboxylic acids is 1. The van der Waals surface area contributed by atoms with Crippen LogP contribution in [0.25, 0.3) is 10.8 Å². The molecule has 0 fully saturated rings. The summed E-state index contributed by atoms with van der Waals surface area (Å²) >= 11 is 0. The zero-order valence-corrected chi connectivity index (χ0v) is 14.3. The molecule has 0 unspecified atom stereocenters. The first kappa shape index (κ1) is 18.7. The number of phenols is 1. The number of hydrogen-bond acceptors (Lipinski definition) is 4. The summed E-state index contributed by atoms with van der Waals surface area (Å²) in [4.78, 5) is 11.4. The topological polar surface area (TPSA) is 83.5 Å². The lowest BCUT2D eigenvalue weighted by Crippen LogP contribution is -2.23. The third-order valence-electron chi connectivity index (χ3n) is 3.82. The van der Waals surface area contributed by atoms with Crippen LogP contribution in [0.2, 0.25) is 0 Å². The quantitative estimate of drug-likeness (QED) is 0.700. The first-order valence-corrected chi connectivity index (χ1v) is 9.02. The van der Waals surface area contributed by atoms with Crippen molar-refractivity contribution in [3.63, 3.8) is 0 Å². The van der Waals surface area contributed by atoms with E-state index in [2.05, 4.69) is 5.32 Å². The maximum absolute atomic E-state index is 12.7. The van der Waals surface area contributed by atoms with E-state index in [9.17, 15) is 31.5 Å². The molecule has 0 aliphatic carbocycles. The minimum Gasteiger partial charge on any atom is -0.507 e. The second-order valence-electron chi connectivity index (χ2n) is 5.65. The van der Waals surface area contributed by atoms with Crippen molar-refractivity contribution in [2.75, 3.05) is 5.32 Å². The molecule has 3 aromatic carbocycles. The molecule has 27 heavy (non-hydrogen) atoms. The summed E-state index contributed by atoms with van der Waals surface area (Å²) in [5.74, 6) is -1.11. The highest BCUT2D eigenvalue weighted by atomic mass is 32.2. The normalized spacial score (nSPS) is 12.1. The van der Waals surface area contributed by atoms with E-state index < -0.39 is 26.1 Å². The van der Waals surface area contributed by atoms with E-state index >= 15 is 0 Å². The minimum atomic E-state index is -5.54. The van der Waals surface area contributed by atoms with Crippen LogP contribution in [-0.4, -0.2) is 24.9 Å². The van der Waals surface area contributed by atoms with Gasteiger partial charge in [-0.3, -0.25) is 4.79 Å². The molecule has 0 atom stereocenters. The summed E-state index contributed by atoms with van der Waals surface area (Å²) in [5.41, 5.74) is -5.71. The third-order valence-corrected chi connectivity index (χ3v) is 5.30.